The maximum Gasteiger partial charge on any atom is 0.254 e. The van der Waals surface area contributed by atoms with E-state index in [1.54, 1.807) is 17.9 Å². The Morgan fingerprint density at radius 3 is 2.20 bits per heavy atom. The Hall–Kier alpha value is -2.67. The number of aryl methyl sites for hydroxylation is 1. The first-order valence-electron chi connectivity index (χ1n) is 10.5. The number of likely N-dealkylation sites (N-methyl/N-ethyl adjacent to an activating group) is 1. The van der Waals surface area contributed by atoms with Crippen LogP contribution in [-0.2, 0) is 10.2 Å². The SMILES string of the molecule is CCN(CC)CCN(CC(=O)Nc1cc(C)on1)C(=O)c1ccc(C(C)(C)C)cc1. The van der Waals surface area contributed by atoms with Gasteiger partial charge >= 0.3 is 0 Å². The van der Waals surface area contributed by atoms with E-state index >= 15 is 0 Å². The number of anilines is 1. The standard InChI is InChI=1S/C23H34N4O3/c1-7-26(8-2)13-14-27(16-21(28)24-20-15-17(3)30-25-20)22(29)18-9-11-19(12-10-18)23(4,5)6/h9-12,15H,7-8,13-14,16H2,1-6H3,(H,24,25,28). The smallest absolute Gasteiger partial charge is 0.254 e. The molecule has 2 rings (SSSR count). The van der Waals surface area contributed by atoms with Crippen LogP contribution in [0.4, 0.5) is 5.82 Å². The minimum absolute atomic E-state index is 0.0135. The second-order valence-electron chi connectivity index (χ2n) is 8.45. The van der Waals surface area contributed by atoms with E-state index in [0.29, 0.717) is 30.2 Å². The van der Waals surface area contributed by atoms with Gasteiger partial charge in [-0.05, 0) is 43.1 Å². The first-order chi connectivity index (χ1) is 14.1. The summed E-state index contributed by atoms with van der Waals surface area (Å²) in [5.74, 6) is 0.499. The molecule has 1 aromatic carbocycles. The molecule has 0 atom stereocenters. The Morgan fingerprint density at radius 2 is 1.70 bits per heavy atom. The Bertz CT molecular complexity index is 833. The molecule has 0 spiro atoms. The molecule has 0 saturated heterocycles. The molecule has 2 amide bonds. The Morgan fingerprint density at radius 1 is 1.07 bits per heavy atom. The van der Waals surface area contributed by atoms with Crippen LogP contribution in [-0.4, -0.2) is 59.5 Å². The molecule has 1 N–H and O–H groups in total. The first-order valence-corrected chi connectivity index (χ1v) is 10.5. The number of aromatic nitrogens is 1. The van der Waals surface area contributed by atoms with Crippen molar-refractivity contribution in [2.24, 2.45) is 0 Å². The third-order valence-electron chi connectivity index (χ3n) is 5.10. The Kier molecular flexibility index (Phi) is 8.17. The maximum absolute atomic E-state index is 13.2. The summed E-state index contributed by atoms with van der Waals surface area (Å²) in [4.78, 5) is 29.5. The van der Waals surface area contributed by atoms with Crippen molar-refractivity contribution in [3.63, 3.8) is 0 Å². The lowest BCUT2D eigenvalue weighted by atomic mass is 9.86. The van der Waals surface area contributed by atoms with Gasteiger partial charge in [0.1, 0.15) is 12.3 Å². The van der Waals surface area contributed by atoms with Gasteiger partial charge in [-0.15, -0.1) is 0 Å². The fourth-order valence-corrected chi connectivity index (χ4v) is 3.13. The van der Waals surface area contributed by atoms with Gasteiger partial charge in [-0.3, -0.25) is 9.59 Å². The number of hydrogen-bond donors (Lipinski definition) is 1. The summed E-state index contributed by atoms with van der Waals surface area (Å²) in [5.41, 5.74) is 1.75. The zero-order valence-corrected chi connectivity index (χ0v) is 19.0. The molecule has 0 radical (unpaired) electrons. The Labute approximate surface area is 179 Å². The fourth-order valence-electron chi connectivity index (χ4n) is 3.13. The molecule has 7 nitrogen and oxygen atoms in total. The molecule has 0 saturated carbocycles. The zero-order valence-electron chi connectivity index (χ0n) is 19.0. The summed E-state index contributed by atoms with van der Waals surface area (Å²) >= 11 is 0. The van der Waals surface area contributed by atoms with E-state index in [4.69, 9.17) is 4.52 Å². The molecule has 0 aliphatic heterocycles. The Balaban J connectivity index is 2.14. The number of carbonyl (C=O) groups is 2. The van der Waals surface area contributed by atoms with Crippen molar-refractivity contribution >= 4 is 17.6 Å². The number of nitrogens with one attached hydrogen (secondary N) is 1. The fraction of sp³-hybridized carbons (Fsp3) is 0.522. The van der Waals surface area contributed by atoms with Gasteiger partial charge < -0.3 is 19.6 Å². The second-order valence-corrected chi connectivity index (χ2v) is 8.45. The summed E-state index contributed by atoms with van der Waals surface area (Å²) in [6.45, 7) is 15.2. The lowest BCUT2D eigenvalue weighted by Crippen LogP contribution is -2.42. The van der Waals surface area contributed by atoms with Crippen LogP contribution in [0.2, 0.25) is 0 Å². The van der Waals surface area contributed by atoms with Crippen LogP contribution in [0.1, 0.15) is 56.3 Å². The molecular formula is C23H34N4O3. The highest BCUT2D eigenvalue weighted by molar-refractivity contribution is 5.99. The third-order valence-corrected chi connectivity index (χ3v) is 5.10. The van der Waals surface area contributed by atoms with Crippen molar-refractivity contribution < 1.29 is 14.1 Å². The van der Waals surface area contributed by atoms with E-state index in [2.05, 4.69) is 50.0 Å². The topological polar surface area (TPSA) is 78.7 Å². The van der Waals surface area contributed by atoms with Crippen LogP contribution >= 0.6 is 0 Å². The van der Waals surface area contributed by atoms with Crippen molar-refractivity contribution in [1.29, 1.82) is 0 Å². The number of benzene rings is 1. The summed E-state index contributed by atoms with van der Waals surface area (Å²) in [5, 5.41) is 6.47. The van der Waals surface area contributed by atoms with Crippen molar-refractivity contribution in [3.8, 4) is 0 Å². The van der Waals surface area contributed by atoms with Crippen LogP contribution in [0.3, 0.4) is 0 Å². The number of rotatable bonds is 9. The van der Waals surface area contributed by atoms with Crippen LogP contribution in [0.5, 0.6) is 0 Å². The van der Waals surface area contributed by atoms with Crippen molar-refractivity contribution in [3.05, 3.63) is 47.2 Å². The quantitative estimate of drug-likeness (QED) is 0.677. The summed E-state index contributed by atoms with van der Waals surface area (Å²) in [7, 11) is 0. The van der Waals surface area contributed by atoms with Gasteiger partial charge in [0, 0.05) is 24.7 Å². The van der Waals surface area contributed by atoms with E-state index in [9.17, 15) is 9.59 Å². The van der Waals surface area contributed by atoms with Crippen LogP contribution in [0.25, 0.3) is 0 Å². The first kappa shape index (κ1) is 23.6. The highest BCUT2D eigenvalue weighted by atomic mass is 16.5. The highest BCUT2D eigenvalue weighted by Gasteiger charge is 2.21. The van der Waals surface area contributed by atoms with Gasteiger partial charge in [0.2, 0.25) is 5.91 Å². The third kappa shape index (κ3) is 6.69. The number of nitrogens with zero attached hydrogens (tertiary/aromatic N) is 3. The lowest BCUT2D eigenvalue weighted by Gasteiger charge is -2.26. The number of carbonyl (C=O) groups excluding carboxylic acids is 2. The van der Waals surface area contributed by atoms with Gasteiger partial charge in [-0.1, -0.05) is 51.9 Å². The van der Waals surface area contributed by atoms with Gasteiger partial charge in [-0.2, -0.15) is 0 Å². The molecule has 0 aliphatic rings. The molecule has 1 aromatic heterocycles. The second kappa shape index (κ2) is 10.4. The van der Waals surface area contributed by atoms with Crippen molar-refractivity contribution in [2.45, 2.75) is 47.0 Å². The average molecular weight is 415 g/mol. The molecule has 30 heavy (non-hydrogen) atoms. The molecule has 7 heteroatoms. The van der Waals surface area contributed by atoms with Crippen LogP contribution in [0.15, 0.2) is 34.9 Å². The summed E-state index contributed by atoms with van der Waals surface area (Å²) < 4.78 is 4.98. The molecule has 1 heterocycles. The minimum Gasteiger partial charge on any atom is -0.360 e. The van der Waals surface area contributed by atoms with Gasteiger partial charge in [-0.25, -0.2) is 0 Å². The van der Waals surface area contributed by atoms with E-state index in [1.165, 1.54) is 0 Å². The van der Waals surface area contributed by atoms with Gasteiger partial charge in [0.25, 0.3) is 5.91 Å². The predicted molar refractivity (Wildman–Crippen MR) is 119 cm³/mol. The number of amides is 2. The summed E-state index contributed by atoms with van der Waals surface area (Å²) in [6, 6.07) is 9.28. The van der Waals surface area contributed by atoms with Crippen molar-refractivity contribution in [1.82, 2.24) is 15.0 Å². The van der Waals surface area contributed by atoms with E-state index in [1.807, 2.05) is 24.3 Å². The van der Waals surface area contributed by atoms with E-state index in [0.717, 1.165) is 18.7 Å². The molecule has 2 aromatic rings. The average Bonchev–Trinajstić information content (AvgIpc) is 3.11. The molecular weight excluding hydrogens is 380 g/mol. The molecule has 0 unspecified atom stereocenters. The van der Waals surface area contributed by atoms with Gasteiger partial charge in [0.05, 0.1) is 0 Å². The highest BCUT2D eigenvalue weighted by Crippen LogP contribution is 2.22. The van der Waals surface area contributed by atoms with Crippen LogP contribution < -0.4 is 5.32 Å². The molecule has 0 aliphatic carbocycles. The van der Waals surface area contributed by atoms with Crippen molar-refractivity contribution in [2.75, 3.05) is 38.0 Å². The van der Waals surface area contributed by atoms with E-state index in [-0.39, 0.29) is 23.8 Å². The predicted octanol–water partition coefficient (Wildman–Crippen LogP) is 3.70. The normalized spacial score (nSPS) is 11.6. The minimum atomic E-state index is -0.303. The lowest BCUT2D eigenvalue weighted by molar-refractivity contribution is -0.117. The molecule has 164 valence electrons. The molecule has 0 bridgehead atoms. The van der Waals surface area contributed by atoms with Crippen LogP contribution in [0, 0.1) is 6.92 Å². The zero-order chi connectivity index (χ0) is 22.3. The molecule has 0 fully saturated rings. The largest absolute Gasteiger partial charge is 0.360 e. The summed E-state index contributed by atoms with van der Waals surface area (Å²) in [6.07, 6.45) is 0. The van der Waals surface area contributed by atoms with E-state index < -0.39 is 0 Å². The van der Waals surface area contributed by atoms with Gasteiger partial charge in [0.15, 0.2) is 5.82 Å². The number of hydrogen-bond acceptors (Lipinski definition) is 5. The maximum atomic E-state index is 13.2. The monoisotopic (exact) mass is 414 g/mol.